The van der Waals surface area contributed by atoms with Crippen molar-refractivity contribution in [2.45, 2.75) is 0 Å². The number of pyridine rings is 1. The summed E-state index contributed by atoms with van der Waals surface area (Å²) in [5, 5.41) is 3.51. The van der Waals surface area contributed by atoms with E-state index in [9.17, 15) is 4.79 Å². The number of aromatic nitrogens is 3. The van der Waals surface area contributed by atoms with E-state index in [1.54, 1.807) is 37.4 Å². The van der Waals surface area contributed by atoms with Gasteiger partial charge in [0, 0.05) is 18.2 Å². The largest absolute Gasteiger partial charge is 0.355 e. The first kappa shape index (κ1) is 14.7. The smallest absolute Gasteiger partial charge is 0.251 e. The van der Waals surface area contributed by atoms with Crippen LogP contribution in [0.15, 0.2) is 36.4 Å². The van der Waals surface area contributed by atoms with Crippen molar-refractivity contribution in [2.75, 3.05) is 7.05 Å². The van der Waals surface area contributed by atoms with E-state index >= 15 is 0 Å². The van der Waals surface area contributed by atoms with Gasteiger partial charge < -0.3 is 5.32 Å². The minimum absolute atomic E-state index is 0.0428. The number of benzene rings is 1. The van der Waals surface area contributed by atoms with Crippen LogP contribution in [0.4, 0.5) is 0 Å². The summed E-state index contributed by atoms with van der Waals surface area (Å²) in [6.45, 7) is 0. The molecule has 0 spiro atoms. The first-order chi connectivity index (χ1) is 10.6. The van der Waals surface area contributed by atoms with E-state index in [4.69, 9.17) is 23.2 Å². The standard InChI is InChI=1S/C15H10Cl2N4O/c1-18-14(22)9-4-2-3-8(7-9)11-6-5-10-12(16)20-15(17)21-13(10)19-11/h2-7H,1H3,(H,18,22). The minimum atomic E-state index is -0.156. The molecule has 0 aliphatic carbocycles. The normalized spacial score (nSPS) is 10.7. The van der Waals surface area contributed by atoms with E-state index in [1.807, 2.05) is 6.07 Å². The zero-order valence-corrected chi connectivity index (χ0v) is 13.0. The number of amides is 1. The molecule has 3 aromatic rings. The van der Waals surface area contributed by atoms with Gasteiger partial charge in [0.15, 0.2) is 5.65 Å². The number of nitrogens with zero attached hydrogens (tertiary/aromatic N) is 3. The lowest BCUT2D eigenvalue weighted by molar-refractivity contribution is 0.0963. The Labute approximate surface area is 136 Å². The maximum atomic E-state index is 11.7. The Balaban J connectivity index is 2.12. The summed E-state index contributed by atoms with van der Waals surface area (Å²) < 4.78 is 0. The predicted molar refractivity (Wildman–Crippen MR) is 86.2 cm³/mol. The zero-order valence-electron chi connectivity index (χ0n) is 11.5. The summed E-state index contributed by atoms with van der Waals surface area (Å²) in [5.41, 5.74) is 2.44. The van der Waals surface area contributed by atoms with Crippen molar-refractivity contribution in [2.24, 2.45) is 0 Å². The molecule has 0 unspecified atom stereocenters. The number of carbonyl (C=O) groups is 1. The second kappa shape index (κ2) is 5.87. The van der Waals surface area contributed by atoms with Gasteiger partial charge in [0.2, 0.25) is 5.28 Å². The van der Waals surface area contributed by atoms with Crippen molar-refractivity contribution in [1.82, 2.24) is 20.3 Å². The van der Waals surface area contributed by atoms with E-state index in [0.717, 1.165) is 5.56 Å². The number of halogens is 2. The average Bonchev–Trinajstić information content (AvgIpc) is 2.53. The van der Waals surface area contributed by atoms with Crippen LogP contribution in [0.5, 0.6) is 0 Å². The predicted octanol–water partition coefficient (Wildman–Crippen LogP) is 3.36. The Bertz CT molecular complexity index is 883. The number of carbonyl (C=O) groups excluding carboxylic acids is 1. The maximum absolute atomic E-state index is 11.7. The fourth-order valence-electron chi connectivity index (χ4n) is 2.07. The average molecular weight is 333 g/mol. The lowest BCUT2D eigenvalue weighted by atomic mass is 10.1. The molecule has 0 bridgehead atoms. The van der Waals surface area contributed by atoms with E-state index < -0.39 is 0 Å². The summed E-state index contributed by atoms with van der Waals surface area (Å²) in [4.78, 5) is 24.1. The Morgan fingerprint density at radius 2 is 1.91 bits per heavy atom. The molecule has 0 radical (unpaired) electrons. The molecule has 7 heteroatoms. The molecule has 22 heavy (non-hydrogen) atoms. The van der Waals surface area contributed by atoms with Gasteiger partial charge in [-0.25, -0.2) is 9.97 Å². The molecule has 3 rings (SSSR count). The Kier molecular flexibility index (Phi) is 3.92. The van der Waals surface area contributed by atoms with Crippen molar-refractivity contribution < 1.29 is 4.79 Å². The Hall–Kier alpha value is -2.24. The van der Waals surface area contributed by atoms with Gasteiger partial charge in [-0.15, -0.1) is 0 Å². The summed E-state index contributed by atoms with van der Waals surface area (Å²) in [5.74, 6) is -0.156. The molecule has 1 N–H and O–H groups in total. The van der Waals surface area contributed by atoms with Crippen LogP contribution in [0.2, 0.25) is 10.4 Å². The fourth-order valence-corrected chi connectivity index (χ4v) is 2.51. The maximum Gasteiger partial charge on any atom is 0.251 e. The molecule has 110 valence electrons. The highest BCUT2D eigenvalue weighted by molar-refractivity contribution is 6.35. The van der Waals surface area contributed by atoms with E-state index in [0.29, 0.717) is 22.3 Å². The molecule has 0 saturated heterocycles. The highest BCUT2D eigenvalue weighted by Gasteiger charge is 2.10. The lowest BCUT2D eigenvalue weighted by Crippen LogP contribution is -2.17. The molecule has 1 aromatic carbocycles. The van der Waals surface area contributed by atoms with Crippen molar-refractivity contribution in [3.63, 3.8) is 0 Å². The second-order valence-electron chi connectivity index (χ2n) is 4.51. The molecule has 0 fully saturated rings. The van der Waals surface area contributed by atoms with Gasteiger partial charge in [-0.2, -0.15) is 4.98 Å². The number of hydrogen-bond acceptors (Lipinski definition) is 4. The van der Waals surface area contributed by atoms with Crippen molar-refractivity contribution in [3.8, 4) is 11.3 Å². The fraction of sp³-hybridized carbons (Fsp3) is 0.0667. The minimum Gasteiger partial charge on any atom is -0.355 e. The van der Waals surface area contributed by atoms with Gasteiger partial charge in [0.1, 0.15) is 5.15 Å². The van der Waals surface area contributed by atoms with E-state index in [2.05, 4.69) is 20.3 Å². The molecule has 0 aliphatic rings. The first-order valence-corrected chi connectivity index (χ1v) is 7.16. The Morgan fingerprint density at radius 3 is 2.68 bits per heavy atom. The van der Waals surface area contributed by atoms with Crippen molar-refractivity contribution in [3.05, 3.63) is 52.4 Å². The highest BCUT2D eigenvalue weighted by atomic mass is 35.5. The van der Waals surface area contributed by atoms with Gasteiger partial charge in [0.05, 0.1) is 11.1 Å². The summed E-state index contributed by atoms with van der Waals surface area (Å²) in [6, 6.07) is 10.7. The third-order valence-corrected chi connectivity index (χ3v) is 3.59. The van der Waals surface area contributed by atoms with Gasteiger partial charge in [0.25, 0.3) is 5.91 Å². The van der Waals surface area contributed by atoms with Crippen LogP contribution < -0.4 is 5.32 Å². The van der Waals surface area contributed by atoms with E-state index in [-0.39, 0.29) is 16.3 Å². The van der Waals surface area contributed by atoms with Crippen molar-refractivity contribution in [1.29, 1.82) is 0 Å². The third kappa shape index (κ3) is 2.73. The summed E-state index contributed by atoms with van der Waals surface area (Å²) >= 11 is 11.8. The van der Waals surface area contributed by atoms with Crippen LogP contribution >= 0.6 is 23.2 Å². The van der Waals surface area contributed by atoms with Gasteiger partial charge in [-0.1, -0.05) is 23.7 Å². The number of hydrogen-bond donors (Lipinski definition) is 1. The van der Waals surface area contributed by atoms with Crippen LogP contribution in [0.25, 0.3) is 22.3 Å². The molecule has 5 nitrogen and oxygen atoms in total. The molecule has 2 heterocycles. The SMILES string of the molecule is CNC(=O)c1cccc(-c2ccc3c(Cl)nc(Cl)nc3n2)c1. The lowest BCUT2D eigenvalue weighted by Gasteiger charge is -2.06. The van der Waals surface area contributed by atoms with Crippen molar-refractivity contribution >= 4 is 40.1 Å². The Morgan fingerprint density at radius 1 is 1.09 bits per heavy atom. The van der Waals surface area contributed by atoms with Gasteiger partial charge >= 0.3 is 0 Å². The summed E-state index contributed by atoms with van der Waals surface area (Å²) in [6.07, 6.45) is 0. The molecule has 2 aromatic heterocycles. The van der Waals surface area contributed by atoms with Crippen LogP contribution in [0, 0.1) is 0 Å². The van der Waals surface area contributed by atoms with Crippen LogP contribution in [0.1, 0.15) is 10.4 Å². The van der Waals surface area contributed by atoms with Gasteiger partial charge in [-0.3, -0.25) is 4.79 Å². The second-order valence-corrected chi connectivity index (χ2v) is 5.21. The number of fused-ring (bicyclic) bond motifs is 1. The van der Waals surface area contributed by atoms with Crippen LogP contribution in [-0.2, 0) is 0 Å². The molecular weight excluding hydrogens is 323 g/mol. The molecule has 0 saturated carbocycles. The highest BCUT2D eigenvalue weighted by Crippen LogP contribution is 2.25. The topological polar surface area (TPSA) is 67.8 Å². The van der Waals surface area contributed by atoms with Crippen LogP contribution in [-0.4, -0.2) is 27.9 Å². The number of nitrogens with one attached hydrogen (secondary N) is 1. The molecular formula is C15H10Cl2N4O. The molecule has 1 amide bonds. The zero-order chi connectivity index (χ0) is 15.7. The number of rotatable bonds is 2. The van der Waals surface area contributed by atoms with E-state index in [1.165, 1.54) is 0 Å². The summed E-state index contributed by atoms with van der Waals surface area (Å²) in [7, 11) is 1.59. The first-order valence-electron chi connectivity index (χ1n) is 6.41. The molecule has 0 atom stereocenters. The van der Waals surface area contributed by atoms with Gasteiger partial charge in [-0.05, 0) is 35.9 Å². The monoisotopic (exact) mass is 332 g/mol. The molecule has 0 aliphatic heterocycles. The quantitative estimate of drug-likeness (QED) is 0.577. The third-order valence-electron chi connectivity index (χ3n) is 3.13. The van der Waals surface area contributed by atoms with Crippen LogP contribution in [0.3, 0.4) is 0 Å².